The zero-order valence-corrected chi connectivity index (χ0v) is 12.1. The van der Waals surface area contributed by atoms with Gasteiger partial charge in [-0.15, -0.1) is 0 Å². The zero-order valence-electron chi connectivity index (χ0n) is 12.1. The first-order valence-electron chi connectivity index (χ1n) is 7.23. The van der Waals surface area contributed by atoms with Gasteiger partial charge in [-0.3, -0.25) is 4.90 Å². The first kappa shape index (κ1) is 14.4. The van der Waals surface area contributed by atoms with Crippen LogP contribution in [0.25, 0.3) is 0 Å². The average molecular weight is 263 g/mol. The fourth-order valence-corrected chi connectivity index (χ4v) is 2.90. The predicted octanol–water partition coefficient (Wildman–Crippen LogP) is 2.74. The minimum atomic E-state index is 0.258. The van der Waals surface area contributed by atoms with Crippen LogP contribution < -0.4 is 4.74 Å². The van der Waals surface area contributed by atoms with Crippen LogP contribution in [0.3, 0.4) is 0 Å². The van der Waals surface area contributed by atoms with E-state index in [1.807, 2.05) is 6.07 Å². The monoisotopic (exact) mass is 263 g/mol. The van der Waals surface area contributed by atoms with Gasteiger partial charge in [-0.25, -0.2) is 0 Å². The van der Waals surface area contributed by atoms with Crippen molar-refractivity contribution in [3.63, 3.8) is 0 Å². The van der Waals surface area contributed by atoms with E-state index in [0.29, 0.717) is 6.04 Å². The summed E-state index contributed by atoms with van der Waals surface area (Å²) in [6.07, 6.45) is 4.83. The summed E-state index contributed by atoms with van der Waals surface area (Å²) in [5, 5.41) is 9.57. The third-order valence-electron chi connectivity index (χ3n) is 4.02. The maximum Gasteiger partial charge on any atom is 0.123 e. The summed E-state index contributed by atoms with van der Waals surface area (Å²) in [5.41, 5.74) is 2.48. The normalized spacial score (nSPS) is 21.1. The van der Waals surface area contributed by atoms with E-state index in [2.05, 4.69) is 24.0 Å². The number of nitrogens with zero attached hydrogens (tertiary/aromatic N) is 1. The number of rotatable bonds is 4. The molecule has 1 aliphatic rings. The van der Waals surface area contributed by atoms with E-state index >= 15 is 0 Å². The molecule has 1 unspecified atom stereocenters. The maximum absolute atomic E-state index is 9.57. The van der Waals surface area contributed by atoms with Crippen molar-refractivity contribution in [2.75, 3.05) is 20.3 Å². The number of aryl methyl sites for hydroxylation is 1. The third kappa shape index (κ3) is 3.71. The lowest BCUT2D eigenvalue weighted by atomic mass is 10.1. The van der Waals surface area contributed by atoms with Crippen molar-refractivity contribution >= 4 is 0 Å². The number of aliphatic hydroxyl groups is 1. The second-order valence-electron chi connectivity index (χ2n) is 5.47. The van der Waals surface area contributed by atoms with Gasteiger partial charge in [0.2, 0.25) is 0 Å². The van der Waals surface area contributed by atoms with E-state index in [1.165, 1.54) is 30.4 Å². The van der Waals surface area contributed by atoms with E-state index in [1.54, 1.807) is 7.11 Å². The van der Waals surface area contributed by atoms with Gasteiger partial charge < -0.3 is 9.84 Å². The molecule has 106 valence electrons. The van der Waals surface area contributed by atoms with E-state index < -0.39 is 0 Å². The van der Waals surface area contributed by atoms with E-state index in [9.17, 15) is 5.11 Å². The molecular weight excluding hydrogens is 238 g/mol. The molecule has 1 saturated heterocycles. The molecule has 1 heterocycles. The summed E-state index contributed by atoms with van der Waals surface area (Å²) in [6.45, 7) is 4.31. The Morgan fingerprint density at radius 2 is 2.16 bits per heavy atom. The maximum atomic E-state index is 9.57. The van der Waals surface area contributed by atoms with E-state index in [0.717, 1.165) is 25.3 Å². The van der Waals surface area contributed by atoms with Gasteiger partial charge in [0.1, 0.15) is 5.75 Å². The van der Waals surface area contributed by atoms with Crippen molar-refractivity contribution in [2.24, 2.45) is 0 Å². The third-order valence-corrected chi connectivity index (χ3v) is 4.02. The molecule has 2 rings (SSSR count). The first-order chi connectivity index (χ1) is 9.24. The first-order valence-corrected chi connectivity index (χ1v) is 7.23. The van der Waals surface area contributed by atoms with E-state index in [-0.39, 0.29) is 6.61 Å². The summed E-state index contributed by atoms with van der Waals surface area (Å²) in [7, 11) is 1.72. The Morgan fingerprint density at radius 1 is 1.32 bits per heavy atom. The molecule has 1 atom stereocenters. The van der Waals surface area contributed by atoms with Gasteiger partial charge in [0, 0.05) is 18.2 Å². The quantitative estimate of drug-likeness (QED) is 0.906. The summed E-state index contributed by atoms with van der Waals surface area (Å²) in [6, 6.07) is 6.61. The molecule has 0 spiro atoms. The van der Waals surface area contributed by atoms with Crippen LogP contribution in [0.4, 0.5) is 0 Å². The largest absolute Gasteiger partial charge is 0.496 e. The highest BCUT2D eigenvalue weighted by atomic mass is 16.5. The molecule has 3 nitrogen and oxygen atoms in total. The fraction of sp³-hybridized carbons (Fsp3) is 0.625. The van der Waals surface area contributed by atoms with Crippen molar-refractivity contribution in [1.29, 1.82) is 0 Å². The smallest absolute Gasteiger partial charge is 0.123 e. The number of hydrogen-bond acceptors (Lipinski definition) is 3. The van der Waals surface area contributed by atoms with Crippen LogP contribution in [0.1, 0.15) is 36.8 Å². The van der Waals surface area contributed by atoms with Crippen LogP contribution in [0, 0.1) is 6.92 Å². The van der Waals surface area contributed by atoms with E-state index in [4.69, 9.17) is 4.74 Å². The van der Waals surface area contributed by atoms with Crippen LogP contribution in [-0.4, -0.2) is 36.3 Å². The Kier molecular flexibility index (Phi) is 5.23. The molecular formula is C16H25NO2. The minimum Gasteiger partial charge on any atom is -0.496 e. The Bertz CT molecular complexity index is 406. The number of benzene rings is 1. The van der Waals surface area contributed by atoms with Crippen molar-refractivity contribution in [1.82, 2.24) is 4.90 Å². The van der Waals surface area contributed by atoms with Crippen molar-refractivity contribution in [3.05, 3.63) is 29.3 Å². The Hall–Kier alpha value is -1.06. The van der Waals surface area contributed by atoms with Crippen LogP contribution in [0.2, 0.25) is 0 Å². The molecule has 0 aromatic heterocycles. The standard InChI is InChI=1S/C16H25NO2/c1-13-7-8-16(19-2)14(10-13)11-17-9-5-3-4-6-15(17)12-18/h7-8,10,15,18H,3-6,9,11-12H2,1-2H3. The van der Waals surface area contributed by atoms with Gasteiger partial charge in [0.15, 0.2) is 0 Å². The predicted molar refractivity (Wildman–Crippen MR) is 77.5 cm³/mol. The molecule has 1 aromatic rings. The molecule has 0 saturated carbocycles. The lowest BCUT2D eigenvalue weighted by Gasteiger charge is -2.29. The second kappa shape index (κ2) is 6.92. The van der Waals surface area contributed by atoms with Gasteiger partial charge in [-0.1, -0.05) is 30.5 Å². The van der Waals surface area contributed by atoms with Gasteiger partial charge in [0.25, 0.3) is 0 Å². The summed E-state index contributed by atoms with van der Waals surface area (Å²) >= 11 is 0. The van der Waals surface area contributed by atoms with Crippen LogP contribution >= 0.6 is 0 Å². The molecule has 0 aliphatic carbocycles. The van der Waals surface area contributed by atoms with Crippen molar-refractivity contribution in [3.8, 4) is 5.75 Å². The molecule has 0 radical (unpaired) electrons. The number of likely N-dealkylation sites (tertiary alicyclic amines) is 1. The summed E-state index contributed by atoms with van der Waals surface area (Å²) in [4.78, 5) is 2.41. The number of ether oxygens (including phenoxy) is 1. The molecule has 0 bridgehead atoms. The summed E-state index contributed by atoms with van der Waals surface area (Å²) < 4.78 is 5.45. The number of hydrogen-bond donors (Lipinski definition) is 1. The van der Waals surface area contributed by atoms with Crippen molar-refractivity contribution in [2.45, 2.75) is 45.2 Å². The highest BCUT2D eigenvalue weighted by Crippen LogP contribution is 2.25. The zero-order chi connectivity index (χ0) is 13.7. The Labute approximate surface area is 116 Å². The Morgan fingerprint density at radius 3 is 2.89 bits per heavy atom. The fourth-order valence-electron chi connectivity index (χ4n) is 2.90. The topological polar surface area (TPSA) is 32.7 Å². The van der Waals surface area contributed by atoms with Gasteiger partial charge in [-0.2, -0.15) is 0 Å². The van der Waals surface area contributed by atoms with Crippen LogP contribution in [0.15, 0.2) is 18.2 Å². The highest BCUT2D eigenvalue weighted by molar-refractivity contribution is 5.36. The molecule has 1 aliphatic heterocycles. The van der Waals surface area contributed by atoms with Crippen LogP contribution in [0.5, 0.6) is 5.75 Å². The molecule has 1 N–H and O–H groups in total. The molecule has 3 heteroatoms. The molecule has 19 heavy (non-hydrogen) atoms. The van der Waals surface area contributed by atoms with Gasteiger partial charge in [-0.05, 0) is 32.4 Å². The van der Waals surface area contributed by atoms with Crippen LogP contribution in [-0.2, 0) is 6.54 Å². The summed E-state index contributed by atoms with van der Waals surface area (Å²) in [5.74, 6) is 0.950. The molecule has 0 amide bonds. The number of aliphatic hydroxyl groups excluding tert-OH is 1. The SMILES string of the molecule is COc1ccc(C)cc1CN1CCCCCC1CO. The minimum absolute atomic E-state index is 0.258. The molecule has 1 aromatic carbocycles. The van der Waals surface area contributed by atoms with Gasteiger partial charge >= 0.3 is 0 Å². The molecule has 1 fully saturated rings. The second-order valence-corrected chi connectivity index (χ2v) is 5.47. The Balaban J connectivity index is 2.15. The lowest BCUT2D eigenvalue weighted by molar-refractivity contribution is 0.117. The van der Waals surface area contributed by atoms with Crippen molar-refractivity contribution < 1.29 is 9.84 Å². The lowest BCUT2D eigenvalue weighted by Crippen LogP contribution is -2.37. The highest BCUT2D eigenvalue weighted by Gasteiger charge is 2.21. The average Bonchev–Trinajstić information content (AvgIpc) is 2.64. The van der Waals surface area contributed by atoms with Gasteiger partial charge in [0.05, 0.1) is 13.7 Å². The number of methoxy groups -OCH3 is 1.